The normalized spacial score (nSPS) is 12.4. The molecule has 0 aliphatic rings. The summed E-state index contributed by atoms with van der Waals surface area (Å²) in [7, 11) is 0. The average Bonchev–Trinajstić information content (AvgIpc) is 3.90. The van der Waals surface area contributed by atoms with Crippen LogP contribution < -0.4 is 4.74 Å². The third kappa shape index (κ3) is 6.48. The number of nitrogens with zero attached hydrogens (tertiary/aromatic N) is 5. The molecule has 4 heterocycles. The van der Waals surface area contributed by atoms with E-state index >= 15 is 0 Å². The van der Waals surface area contributed by atoms with E-state index in [0.29, 0.717) is 0 Å². The number of aromatic nitrogens is 5. The van der Waals surface area contributed by atoms with E-state index in [0.717, 1.165) is 56.2 Å². The molecule has 0 unspecified atom stereocenters. The number of pyridine rings is 1. The number of ether oxygens (including phenoxy) is 1. The van der Waals surface area contributed by atoms with Crippen LogP contribution in [0.15, 0.2) is 152 Å². The highest BCUT2D eigenvalue weighted by Gasteiger charge is 2.27. The van der Waals surface area contributed by atoms with Crippen LogP contribution in [0.3, 0.4) is 0 Å². The van der Waals surface area contributed by atoms with Gasteiger partial charge in [-0.1, -0.05) is 146 Å². The molecule has 0 amide bonds. The minimum atomic E-state index is -0.0781. The topological polar surface area (TPSA) is 49.8 Å². The zero-order valence-electron chi connectivity index (χ0n) is 37.2. The SMILES string of the molecule is Cc1nn(-c2cccc(Oc3ccc4c5ccccc5n(-c5cc(-n6c7c(C(C)(C)C)cccc7c7cccc(C(C)(C)C)c76)ccn5)c4c3)c2)c(C(C)C)c1-c1ccccc1. The van der Waals surface area contributed by atoms with Crippen molar-refractivity contribution in [2.75, 3.05) is 0 Å². The Kier molecular flexibility index (Phi) is 9.25. The minimum absolute atomic E-state index is 0.0781. The van der Waals surface area contributed by atoms with Crippen LogP contribution in [-0.2, 0) is 10.8 Å². The Labute approximate surface area is 364 Å². The first-order valence-electron chi connectivity index (χ1n) is 21.8. The lowest BCUT2D eigenvalue weighted by molar-refractivity contribution is 0.482. The summed E-state index contributed by atoms with van der Waals surface area (Å²) in [6.45, 7) is 20.4. The highest BCUT2D eigenvalue weighted by molar-refractivity contribution is 6.12. The first-order chi connectivity index (χ1) is 29.8. The van der Waals surface area contributed by atoms with Gasteiger partial charge >= 0.3 is 0 Å². The fourth-order valence-electron chi connectivity index (χ4n) is 9.57. The van der Waals surface area contributed by atoms with Gasteiger partial charge in [0.2, 0.25) is 0 Å². The third-order valence-corrected chi connectivity index (χ3v) is 12.3. The van der Waals surface area contributed by atoms with E-state index in [1.807, 2.05) is 18.3 Å². The first kappa shape index (κ1) is 39.2. The van der Waals surface area contributed by atoms with E-state index in [-0.39, 0.29) is 16.7 Å². The average molecular weight is 812 g/mol. The second-order valence-electron chi connectivity index (χ2n) is 19.0. The van der Waals surface area contributed by atoms with E-state index < -0.39 is 0 Å². The summed E-state index contributed by atoms with van der Waals surface area (Å²) in [6.07, 6.45) is 1.96. The van der Waals surface area contributed by atoms with Gasteiger partial charge in [-0.2, -0.15) is 5.10 Å². The maximum absolute atomic E-state index is 6.75. The lowest BCUT2D eigenvalue weighted by atomic mass is 9.85. The molecule has 0 fully saturated rings. The van der Waals surface area contributed by atoms with Crippen LogP contribution in [0.5, 0.6) is 11.5 Å². The second kappa shape index (κ2) is 14.6. The summed E-state index contributed by atoms with van der Waals surface area (Å²) >= 11 is 0. The van der Waals surface area contributed by atoms with Crippen LogP contribution in [0, 0.1) is 6.92 Å². The van der Waals surface area contributed by atoms with E-state index in [1.54, 1.807) is 0 Å². The van der Waals surface area contributed by atoms with Gasteiger partial charge in [0.05, 0.1) is 44.8 Å². The molecule has 6 heteroatoms. The quantitative estimate of drug-likeness (QED) is 0.161. The standard InChI is InChI=1S/C56H53N5O/c1-35(2)52-51(37-18-11-10-12-19-37)36(3)58-61(52)39-20-15-21-40(32-39)62-41-28-29-43-42-22-13-14-27-48(42)60(49(43)34-41)50-33-38(30-31-57-50)59-53-44(23-16-25-46(53)55(4,5)6)45-24-17-26-47(54(45)59)56(7,8)9/h10-35H,1-9H3. The molecule has 0 atom stereocenters. The summed E-state index contributed by atoms with van der Waals surface area (Å²) in [5.74, 6) is 2.58. The smallest absolute Gasteiger partial charge is 0.139 e. The molecule has 6 nitrogen and oxygen atoms in total. The van der Waals surface area contributed by atoms with Crippen molar-refractivity contribution < 1.29 is 4.74 Å². The Balaban J connectivity index is 1.12. The molecular formula is C56H53N5O. The van der Waals surface area contributed by atoms with Gasteiger partial charge in [0.25, 0.3) is 0 Å². The van der Waals surface area contributed by atoms with Gasteiger partial charge in [0.15, 0.2) is 0 Å². The van der Waals surface area contributed by atoms with Crippen molar-refractivity contribution in [1.82, 2.24) is 23.9 Å². The predicted octanol–water partition coefficient (Wildman–Crippen LogP) is 14.9. The number of aryl methyl sites for hydroxylation is 1. The largest absolute Gasteiger partial charge is 0.457 e. The van der Waals surface area contributed by atoms with Gasteiger partial charge < -0.3 is 9.30 Å². The number of rotatable bonds is 7. The summed E-state index contributed by atoms with van der Waals surface area (Å²) in [4.78, 5) is 5.11. The summed E-state index contributed by atoms with van der Waals surface area (Å²) in [6, 6.07) is 51.8. The molecule has 0 aliphatic carbocycles. The van der Waals surface area contributed by atoms with Crippen molar-refractivity contribution in [1.29, 1.82) is 0 Å². The van der Waals surface area contributed by atoms with Gasteiger partial charge in [-0.05, 0) is 76.8 Å². The van der Waals surface area contributed by atoms with E-state index in [1.165, 1.54) is 49.8 Å². The zero-order chi connectivity index (χ0) is 43.1. The van der Waals surface area contributed by atoms with Gasteiger partial charge in [0, 0.05) is 51.5 Å². The molecule has 0 aliphatic heterocycles. The van der Waals surface area contributed by atoms with Gasteiger partial charge in [-0.25, -0.2) is 9.67 Å². The Morgan fingerprint density at radius 1 is 0.532 bits per heavy atom. The molecule has 0 bridgehead atoms. The van der Waals surface area contributed by atoms with E-state index in [2.05, 4.69) is 210 Å². The molecule has 0 spiro atoms. The van der Waals surface area contributed by atoms with Crippen LogP contribution in [-0.4, -0.2) is 23.9 Å². The zero-order valence-corrected chi connectivity index (χ0v) is 37.2. The fourth-order valence-corrected chi connectivity index (χ4v) is 9.57. The number of fused-ring (bicyclic) bond motifs is 6. The Bertz CT molecular complexity index is 3260. The highest BCUT2D eigenvalue weighted by Crippen LogP contribution is 2.43. The highest BCUT2D eigenvalue weighted by atomic mass is 16.5. The molecule has 308 valence electrons. The molecular weight excluding hydrogens is 759 g/mol. The monoisotopic (exact) mass is 811 g/mol. The first-order valence-corrected chi connectivity index (χ1v) is 21.8. The molecule has 4 aromatic heterocycles. The lowest BCUT2D eigenvalue weighted by Gasteiger charge is -2.24. The van der Waals surface area contributed by atoms with Crippen LogP contribution in [0.25, 0.3) is 71.9 Å². The van der Waals surface area contributed by atoms with Crippen molar-refractivity contribution in [3.63, 3.8) is 0 Å². The van der Waals surface area contributed by atoms with E-state index in [4.69, 9.17) is 14.8 Å². The molecule has 10 rings (SSSR count). The lowest BCUT2D eigenvalue weighted by Crippen LogP contribution is -2.15. The maximum Gasteiger partial charge on any atom is 0.139 e. The number of hydrogen-bond donors (Lipinski definition) is 0. The third-order valence-electron chi connectivity index (χ3n) is 12.3. The number of para-hydroxylation sites is 3. The van der Waals surface area contributed by atoms with Crippen LogP contribution >= 0.6 is 0 Å². The summed E-state index contributed by atoms with van der Waals surface area (Å²) in [5.41, 5.74) is 13.6. The predicted molar refractivity (Wildman–Crippen MR) is 258 cm³/mol. The number of benzene rings is 6. The minimum Gasteiger partial charge on any atom is -0.457 e. The Morgan fingerprint density at radius 3 is 1.82 bits per heavy atom. The van der Waals surface area contributed by atoms with Crippen molar-refractivity contribution in [3.8, 4) is 39.8 Å². The molecule has 6 aromatic carbocycles. The van der Waals surface area contributed by atoms with Crippen molar-refractivity contribution in [2.24, 2.45) is 0 Å². The van der Waals surface area contributed by atoms with E-state index in [9.17, 15) is 0 Å². The second-order valence-corrected chi connectivity index (χ2v) is 19.0. The molecule has 10 aromatic rings. The Morgan fingerprint density at radius 2 is 1.15 bits per heavy atom. The molecule has 0 N–H and O–H groups in total. The van der Waals surface area contributed by atoms with Gasteiger partial charge in [0.1, 0.15) is 17.3 Å². The molecule has 0 saturated carbocycles. The van der Waals surface area contributed by atoms with Crippen LogP contribution in [0.1, 0.15) is 83.8 Å². The fraction of sp³-hybridized carbons (Fsp3) is 0.214. The molecule has 62 heavy (non-hydrogen) atoms. The molecule has 0 radical (unpaired) electrons. The summed E-state index contributed by atoms with van der Waals surface area (Å²) in [5, 5.41) is 9.90. The van der Waals surface area contributed by atoms with Gasteiger partial charge in [-0.3, -0.25) is 4.57 Å². The Hall–Kier alpha value is -6.92. The van der Waals surface area contributed by atoms with Gasteiger partial charge in [-0.15, -0.1) is 0 Å². The summed E-state index contributed by atoms with van der Waals surface area (Å²) < 4.78 is 13.6. The van der Waals surface area contributed by atoms with Crippen molar-refractivity contribution >= 4 is 43.6 Å². The van der Waals surface area contributed by atoms with Crippen molar-refractivity contribution in [3.05, 3.63) is 174 Å². The van der Waals surface area contributed by atoms with Crippen molar-refractivity contribution in [2.45, 2.75) is 79.1 Å². The van der Waals surface area contributed by atoms with Crippen LogP contribution in [0.4, 0.5) is 0 Å². The van der Waals surface area contributed by atoms with Crippen LogP contribution in [0.2, 0.25) is 0 Å². The number of hydrogen-bond acceptors (Lipinski definition) is 3. The maximum atomic E-state index is 6.75. The molecule has 0 saturated heterocycles.